The van der Waals surface area contributed by atoms with Crippen LogP contribution in [0.2, 0.25) is 0 Å². The molecule has 0 atom stereocenters. The summed E-state index contributed by atoms with van der Waals surface area (Å²) in [6.07, 6.45) is 0. The number of nitrogens with zero attached hydrogens (tertiary/aromatic N) is 3. The minimum absolute atomic E-state index is 0.154. The number of nitriles is 1. The molecule has 23 heavy (non-hydrogen) atoms. The first-order valence-corrected chi connectivity index (χ1v) is 7.65. The number of rotatable bonds is 4. The van der Waals surface area contributed by atoms with E-state index in [4.69, 9.17) is 0 Å². The Morgan fingerprint density at radius 2 is 2.00 bits per heavy atom. The molecule has 2 aromatic carbocycles. The van der Waals surface area contributed by atoms with Gasteiger partial charge in [-0.25, -0.2) is 9.37 Å². The lowest BCUT2D eigenvalue weighted by Gasteiger charge is -2.00. The molecule has 0 bridgehead atoms. The molecule has 0 spiro atoms. The zero-order valence-corrected chi connectivity index (χ0v) is 12.7. The van der Waals surface area contributed by atoms with Crippen LogP contribution in [0.3, 0.4) is 0 Å². The predicted octanol–water partition coefficient (Wildman–Crippen LogP) is 4.29. The Morgan fingerprint density at radius 1 is 1.17 bits per heavy atom. The minimum atomic E-state index is -0.371. The third kappa shape index (κ3) is 3.59. The minimum Gasteiger partial charge on any atom is -0.277 e. The smallest absolute Gasteiger partial charge is 0.196 e. The van der Waals surface area contributed by atoms with Gasteiger partial charge in [-0.15, -0.1) is 11.3 Å². The van der Waals surface area contributed by atoms with E-state index in [9.17, 15) is 9.65 Å². The number of hydrazone groups is 1. The monoisotopic (exact) mass is 322 g/mol. The Labute approximate surface area is 136 Å². The Hall–Kier alpha value is -3.04. The van der Waals surface area contributed by atoms with Crippen LogP contribution in [-0.2, 0) is 0 Å². The van der Waals surface area contributed by atoms with Crippen molar-refractivity contribution >= 4 is 22.7 Å². The molecular formula is C17H11FN4S. The van der Waals surface area contributed by atoms with Crippen molar-refractivity contribution < 1.29 is 4.39 Å². The van der Waals surface area contributed by atoms with Gasteiger partial charge in [-0.05, 0) is 18.2 Å². The average Bonchev–Trinajstić information content (AvgIpc) is 3.06. The van der Waals surface area contributed by atoms with Crippen molar-refractivity contribution in [3.8, 4) is 17.3 Å². The third-order valence-corrected chi connectivity index (χ3v) is 3.85. The molecule has 3 aromatic rings. The molecule has 0 aliphatic rings. The summed E-state index contributed by atoms with van der Waals surface area (Å²) < 4.78 is 13.1. The maximum Gasteiger partial charge on any atom is 0.196 e. The molecule has 1 aromatic heterocycles. The van der Waals surface area contributed by atoms with Gasteiger partial charge in [0.15, 0.2) is 10.7 Å². The summed E-state index contributed by atoms with van der Waals surface area (Å²) in [7, 11) is 0. The highest BCUT2D eigenvalue weighted by Crippen LogP contribution is 2.22. The van der Waals surface area contributed by atoms with Crippen molar-refractivity contribution in [3.63, 3.8) is 0 Å². The molecule has 0 fully saturated rings. The van der Waals surface area contributed by atoms with E-state index in [1.807, 2.05) is 41.8 Å². The van der Waals surface area contributed by atoms with Gasteiger partial charge >= 0.3 is 0 Å². The molecule has 0 saturated heterocycles. The van der Waals surface area contributed by atoms with E-state index >= 15 is 0 Å². The zero-order valence-electron chi connectivity index (χ0n) is 11.9. The lowest BCUT2D eigenvalue weighted by atomic mass is 10.2. The van der Waals surface area contributed by atoms with Crippen LogP contribution < -0.4 is 5.43 Å². The number of aromatic nitrogens is 1. The lowest BCUT2D eigenvalue weighted by Crippen LogP contribution is -2.01. The Kier molecular flexibility index (Phi) is 4.41. The molecule has 0 amide bonds. The van der Waals surface area contributed by atoms with E-state index in [0.29, 0.717) is 10.7 Å². The Balaban J connectivity index is 1.83. The van der Waals surface area contributed by atoms with Gasteiger partial charge in [0.25, 0.3) is 0 Å². The van der Waals surface area contributed by atoms with Crippen LogP contribution in [0.1, 0.15) is 5.01 Å². The highest BCUT2D eigenvalue weighted by molar-refractivity contribution is 7.12. The summed E-state index contributed by atoms with van der Waals surface area (Å²) in [5, 5.41) is 15.7. The Bertz CT molecular complexity index is 881. The molecule has 0 radical (unpaired) electrons. The molecule has 4 nitrogen and oxygen atoms in total. The number of anilines is 1. The second-order valence-corrected chi connectivity index (χ2v) is 5.46. The van der Waals surface area contributed by atoms with Crippen molar-refractivity contribution in [1.82, 2.24) is 4.98 Å². The van der Waals surface area contributed by atoms with Crippen molar-refractivity contribution in [2.24, 2.45) is 5.10 Å². The van der Waals surface area contributed by atoms with E-state index in [2.05, 4.69) is 15.5 Å². The zero-order chi connectivity index (χ0) is 16.1. The van der Waals surface area contributed by atoms with E-state index < -0.39 is 0 Å². The van der Waals surface area contributed by atoms with Crippen LogP contribution in [0.25, 0.3) is 11.3 Å². The highest BCUT2D eigenvalue weighted by Gasteiger charge is 2.10. The quantitative estimate of drug-likeness (QED) is 0.576. The van der Waals surface area contributed by atoms with Crippen LogP contribution in [0.4, 0.5) is 10.1 Å². The van der Waals surface area contributed by atoms with Gasteiger partial charge in [0, 0.05) is 10.9 Å². The summed E-state index contributed by atoms with van der Waals surface area (Å²) in [4.78, 5) is 4.43. The fourth-order valence-electron chi connectivity index (χ4n) is 1.92. The van der Waals surface area contributed by atoms with E-state index in [1.165, 1.54) is 23.5 Å². The predicted molar refractivity (Wildman–Crippen MR) is 89.7 cm³/mol. The fraction of sp³-hybridized carbons (Fsp3) is 0. The van der Waals surface area contributed by atoms with Gasteiger partial charge in [0.1, 0.15) is 11.9 Å². The summed E-state index contributed by atoms with van der Waals surface area (Å²) in [6, 6.07) is 17.6. The number of benzene rings is 2. The molecule has 0 aliphatic carbocycles. The van der Waals surface area contributed by atoms with E-state index in [0.717, 1.165) is 11.3 Å². The van der Waals surface area contributed by atoms with Crippen molar-refractivity contribution in [2.45, 2.75) is 0 Å². The topological polar surface area (TPSA) is 61.1 Å². The first-order valence-electron chi connectivity index (χ1n) is 6.77. The molecule has 3 rings (SSSR count). The van der Waals surface area contributed by atoms with Crippen LogP contribution in [-0.4, -0.2) is 10.7 Å². The fourth-order valence-corrected chi connectivity index (χ4v) is 2.69. The molecule has 1 N–H and O–H groups in total. The van der Waals surface area contributed by atoms with Crippen LogP contribution in [0.5, 0.6) is 0 Å². The first-order chi connectivity index (χ1) is 11.3. The van der Waals surface area contributed by atoms with Crippen molar-refractivity contribution in [3.05, 3.63) is 70.8 Å². The third-order valence-electron chi connectivity index (χ3n) is 3.00. The molecule has 0 aliphatic heterocycles. The number of halogens is 1. The maximum absolute atomic E-state index is 13.1. The first kappa shape index (κ1) is 14.9. The normalized spacial score (nSPS) is 11.0. The van der Waals surface area contributed by atoms with Crippen LogP contribution in [0.15, 0.2) is 65.1 Å². The van der Waals surface area contributed by atoms with Gasteiger partial charge < -0.3 is 0 Å². The number of nitrogens with one attached hydrogen (secondary N) is 1. The molecule has 6 heteroatoms. The van der Waals surface area contributed by atoms with E-state index in [1.54, 1.807) is 12.1 Å². The highest BCUT2D eigenvalue weighted by atomic mass is 32.1. The molecular weight excluding hydrogens is 311 g/mol. The average molecular weight is 322 g/mol. The van der Waals surface area contributed by atoms with Crippen molar-refractivity contribution in [1.29, 1.82) is 5.26 Å². The summed E-state index contributed by atoms with van der Waals surface area (Å²) in [5.74, 6) is -0.371. The van der Waals surface area contributed by atoms with Gasteiger partial charge in [-0.1, -0.05) is 36.4 Å². The summed E-state index contributed by atoms with van der Waals surface area (Å²) >= 11 is 1.34. The second-order valence-electron chi connectivity index (χ2n) is 4.60. The Morgan fingerprint density at radius 3 is 2.74 bits per heavy atom. The number of thiazole rings is 1. The van der Waals surface area contributed by atoms with Gasteiger partial charge in [0.05, 0.1) is 11.4 Å². The molecule has 112 valence electrons. The lowest BCUT2D eigenvalue weighted by molar-refractivity contribution is 0.628. The van der Waals surface area contributed by atoms with Gasteiger partial charge in [-0.3, -0.25) is 5.43 Å². The van der Waals surface area contributed by atoms with Crippen molar-refractivity contribution in [2.75, 3.05) is 5.43 Å². The van der Waals surface area contributed by atoms with Crippen LogP contribution >= 0.6 is 11.3 Å². The number of hydrogen-bond donors (Lipinski definition) is 1. The SMILES string of the molecule is N#CC(=NNc1cccc(F)c1)c1nc(-c2ccccc2)cs1. The van der Waals surface area contributed by atoms with Gasteiger partial charge in [0.2, 0.25) is 0 Å². The largest absolute Gasteiger partial charge is 0.277 e. The molecule has 1 heterocycles. The maximum atomic E-state index is 13.1. The second kappa shape index (κ2) is 6.81. The standard InChI is InChI=1S/C17H11FN4S/c18-13-7-4-8-14(9-13)21-22-15(10-19)17-20-16(11-23-17)12-5-2-1-3-6-12/h1-9,11,21H. The number of hydrogen-bond acceptors (Lipinski definition) is 5. The van der Waals surface area contributed by atoms with Crippen LogP contribution in [0, 0.1) is 17.1 Å². The van der Waals surface area contributed by atoms with Gasteiger partial charge in [-0.2, -0.15) is 10.4 Å². The summed E-state index contributed by atoms with van der Waals surface area (Å²) in [6.45, 7) is 0. The summed E-state index contributed by atoms with van der Waals surface area (Å²) in [5.41, 5.74) is 5.07. The van der Waals surface area contributed by atoms with E-state index in [-0.39, 0.29) is 11.5 Å². The molecule has 0 saturated carbocycles. The molecule has 0 unspecified atom stereocenters.